The van der Waals surface area contributed by atoms with Crippen LogP contribution in [0.2, 0.25) is 0 Å². The fourth-order valence-electron chi connectivity index (χ4n) is 1.80. The molecule has 0 unspecified atom stereocenters. The minimum atomic E-state index is -4.51. The van der Waals surface area contributed by atoms with Gasteiger partial charge in [0.05, 0.1) is 6.54 Å². The van der Waals surface area contributed by atoms with Crippen molar-refractivity contribution in [3.63, 3.8) is 0 Å². The maximum absolute atomic E-state index is 12.6. The Morgan fingerprint density at radius 2 is 2.06 bits per heavy atom. The highest BCUT2D eigenvalue weighted by Gasteiger charge is 2.39. The molecule has 0 saturated heterocycles. The molecule has 18 heavy (non-hydrogen) atoms. The molecule has 1 aromatic heterocycles. The van der Waals surface area contributed by atoms with E-state index in [0.717, 1.165) is 4.57 Å². The SMILES string of the molecule is CC=CC(=O)N1CCn2c(nnc2C(F)(F)F)C1. The minimum Gasteiger partial charge on any atom is -0.330 e. The third kappa shape index (κ3) is 2.22. The highest BCUT2D eigenvalue weighted by molar-refractivity contribution is 5.87. The van der Waals surface area contributed by atoms with Gasteiger partial charge in [0.1, 0.15) is 0 Å². The summed E-state index contributed by atoms with van der Waals surface area (Å²) in [6.45, 7) is 2.02. The van der Waals surface area contributed by atoms with Crippen molar-refractivity contribution in [3.8, 4) is 0 Å². The Balaban J connectivity index is 2.22. The van der Waals surface area contributed by atoms with Crippen LogP contribution >= 0.6 is 0 Å². The molecule has 1 aromatic rings. The number of hydrogen-bond acceptors (Lipinski definition) is 3. The van der Waals surface area contributed by atoms with Crippen molar-refractivity contribution in [3.05, 3.63) is 23.8 Å². The molecule has 0 saturated carbocycles. The number of fused-ring (bicyclic) bond motifs is 1. The van der Waals surface area contributed by atoms with E-state index in [-0.39, 0.29) is 31.4 Å². The second-order valence-corrected chi connectivity index (χ2v) is 3.85. The van der Waals surface area contributed by atoms with E-state index in [1.807, 2.05) is 0 Å². The summed E-state index contributed by atoms with van der Waals surface area (Å²) >= 11 is 0. The fraction of sp³-hybridized carbons (Fsp3) is 0.500. The lowest BCUT2D eigenvalue weighted by molar-refractivity contribution is -0.148. The largest absolute Gasteiger partial charge is 0.451 e. The lowest BCUT2D eigenvalue weighted by Gasteiger charge is -2.27. The topological polar surface area (TPSA) is 51.0 Å². The molecular formula is C10H11F3N4O. The first-order valence-corrected chi connectivity index (χ1v) is 5.34. The summed E-state index contributed by atoms with van der Waals surface area (Å²) < 4.78 is 38.7. The van der Waals surface area contributed by atoms with Gasteiger partial charge in [-0.3, -0.25) is 4.79 Å². The van der Waals surface area contributed by atoms with Gasteiger partial charge in [0.15, 0.2) is 5.82 Å². The third-order valence-electron chi connectivity index (χ3n) is 2.63. The van der Waals surface area contributed by atoms with Crippen LogP contribution < -0.4 is 0 Å². The molecule has 0 fully saturated rings. The zero-order chi connectivity index (χ0) is 13.3. The first kappa shape index (κ1) is 12.6. The van der Waals surface area contributed by atoms with Crippen LogP contribution in [0.15, 0.2) is 12.2 Å². The summed E-state index contributed by atoms with van der Waals surface area (Å²) in [6.07, 6.45) is -1.56. The first-order valence-electron chi connectivity index (χ1n) is 5.34. The van der Waals surface area contributed by atoms with Gasteiger partial charge in [0, 0.05) is 13.1 Å². The molecule has 0 bridgehead atoms. The number of alkyl halides is 3. The Bertz CT molecular complexity index is 492. The van der Waals surface area contributed by atoms with Crippen molar-refractivity contribution in [1.29, 1.82) is 0 Å². The van der Waals surface area contributed by atoms with Crippen LogP contribution in [0.3, 0.4) is 0 Å². The number of allylic oxidation sites excluding steroid dienone is 1. The van der Waals surface area contributed by atoms with Crippen molar-refractivity contribution in [2.75, 3.05) is 6.54 Å². The van der Waals surface area contributed by atoms with Crippen molar-refractivity contribution < 1.29 is 18.0 Å². The summed E-state index contributed by atoms with van der Waals surface area (Å²) in [4.78, 5) is 13.0. The Labute approximate surface area is 101 Å². The molecule has 0 N–H and O–H groups in total. The van der Waals surface area contributed by atoms with Crippen LogP contribution in [0.4, 0.5) is 13.2 Å². The molecule has 98 valence electrons. The minimum absolute atomic E-state index is 0.0479. The Hall–Kier alpha value is -1.86. The standard InChI is InChI=1S/C10H11F3N4O/c1-2-3-8(18)16-4-5-17-7(6-16)14-15-9(17)10(11,12)13/h2-3H,4-6H2,1H3. The second-order valence-electron chi connectivity index (χ2n) is 3.85. The van der Waals surface area contributed by atoms with E-state index in [2.05, 4.69) is 10.2 Å². The predicted molar refractivity (Wildman–Crippen MR) is 55.3 cm³/mol. The number of hydrogen-bond donors (Lipinski definition) is 0. The molecule has 8 heteroatoms. The van der Waals surface area contributed by atoms with E-state index >= 15 is 0 Å². The van der Waals surface area contributed by atoms with Gasteiger partial charge >= 0.3 is 6.18 Å². The summed E-state index contributed by atoms with van der Waals surface area (Å²) in [6, 6.07) is 0. The first-order chi connectivity index (χ1) is 8.43. The lowest BCUT2D eigenvalue weighted by atomic mass is 10.3. The quantitative estimate of drug-likeness (QED) is 0.713. The van der Waals surface area contributed by atoms with E-state index in [0.29, 0.717) is 0 Å². The van der Waals surface area contributed by atoms with Crippen molar-refractivity contribution >= 4 is 5.91 Å². The number of halogens is 3. The van der Waals surface area contributed by atoms with Crippen LogP contribution in [0.5, 0.6) is 0 Å². The van der Waals surface area contributed by atoms with Crippen LogP contribution in [0.1, 0.15) is 18.6 Å². The lowest BCUT2D eigenvalue weighted by Crippen LogP contribution is -2.38. The average Bonchev–Trinajstić information content (AvgIpc) is 2.71. The molecule has 0 aliphatic carbocycles. The van der Waals surface area contributed by atoms with Crippen LogP contribution in [-0.2, 0) is 24.1 Å². The van der Waals surface area contributed by atoms with Crippen LogP contribution in [0, 0.1) is 0 Å². The average molecular weight is 260 g/mol. The molecule has 0 spiro atoms. The van der Waals surface area contributed by atoms with E-state index in [1.54, 1.807) is 13.0 Å². The summed E-state index contributed by atoms with van der Waals surface area (Å²) in [7, 11) is 0. The fourth-order valence-corrected chi connectivity index (χ4v) is 1.80. The molecule has 1 amide bonds. The molecule has 2 rings (SSSR count). The Kier molecular flexibility index (Phi) is 3.10. The molecule has 2 heterocycles. The Morgan fingerprint density at radius 1 is 1.33 bits per heavy atom. The summed E-state index contributed by atoms with van der Waals surface area (Å²) in [5.41, 5.74) is 0. The van der Waals surface area contributed by atoms with E-state index < -0.39 is 12.0 Å². The highest BCUT2D eigenvalue weighted by atomic mass is 19.4. The zero-order valence-corrected chi connectivity index (χ0v) is 9.61. The van der Waals surface area contributed by atoms with Gasteiger partial charge in [0.25, 0.3) is 0 Å². The molecule has 1 aliphatic heterocycles. The predicted octanol–water partition coefficient (Wildman–Crippen LogP) is 1.22. The number of aromatic nitrogens is 3. The smallest absolute Gasteiger partial charge is 0.330 e. The normalized spacial score (nSPS) is 16.1. The maximum Gasteiger partial charge on any atom is 0.451 e. The molecule has 0 aromatic carbocycles. The van der Waals surface area contributed by atoms with Crippen molar-refractivity contribution in [1.82, 2.24) is 19.7 Å². The van der Waals surface area contributed by atoms with Crippen molar-refractivity contribution in [2.45, 2.75) is 26.2 Å². The molecule has 0 atom stereocenters. The van der Waals surface area contributed by atoms with Gasteiger partial charge in [-0.2, -0.15) is 13.2 Å². The summed E-state index contributed by atoms with van der Waals surface area (Å²) in [5, 5.41) is 6.63. The number of carbonyl (C=O) groups is 1. The van der Waals surface area contributed by atoms with Gasteiger partial charge < -0.3 is 9.47 Å². The third-order valence-corrected chi connectivity index (χ3v) is 2.63. The molecule has 1 aliphatic rings. The van der Waals surface area contributed by atoms with E-state index in [9.17, 15) is 18.0 Å². The molecule has 0 radical (unpaired) electrons. The molecule has 5 nitrogen and oxygen atoms in total. The van der Waals surface area contributed by atoms with Gasteiger partial charge in [0.2, 0.25) is 11.7 Å². The van der Waals surface area contributed by atoms with E-state index in [1.165, 1.54) is 11.0 Å². The highest BCUT2D eigenvalue weighted by Crippen LogP contribution is 2.29. The zero-order valence-electron chi connectivity index (χ0n) is 9.61. The van der Waals surface area contributed by atoms with Crippen LogP contribution in [0.25, 0.3) is 0 Å². The van der Waals surface area contributed by atoms with E-state index in [4.69, 9.17) is 0 Å². The van der Waals surface area contributed by atoms with Gasteiger partial charge in [-0.25, -0.2) is 0 Å². The van der Waals surface area contributed by atoms with Gasteiger partial charge in [-0.15, -0.1) is 10.2 Å². The van der Waals surface area contributed by atoms with Gasteiger partial charge in [-0.05, 0) is 13.0 Å². The monoisotopic (exact) mass is 260 g/mol. The number of amides is 1. The second kappa shape index (κ2) is 4.43. The van der Waals surface area contributed by atoms with Crippen molar-refractivity contribution in [2.24, 2.45) is 0 Å². The maximum atomic E-state index is 12.6. The van der Waals surface area contributed by atoms with Gasteiger partial charge in [-0.1, -0.05) is 6.08 Å². The Morgan fingerprint density at radius 3 is 2.67 bits per heavy atom. The number of carbonyl (C=O) groups excluding carboxylic acids is 1. The van der Waals surface area contributed by atoms with Crippen LogP contribution in [-0.4, -0.2) is 32.1 Å². The molecular weight excluding hydrogens is 249 g/mol. The number of rotatable bonds is 1. The summed E-state index contributed by atoms with van der Waals surface area (Å²) in [5.74, 6) is -1.08. The number of nitrogens with zero attached hydrogens (tertiary/aromatic N) is 4.